The Balaban J connectivity index is 1.83. The Hall–Kier alpha value is -1.92. The average Bonchev–Trinajstić information content (AvgIpc) is 3.01. The van der Waals surface area contributed by atoms with Crippen molar-refractivity contribution in [1.82, 2.24) is 5.32 Å². The van der Waals surface area contributed by atoms with Crippen LogP contribution in [-0.4, -0.2) is 38.1 Å². The van der Waals surface area contributed by atoms with Gasteiger partial charge in [0.15, 0.2) is 0 Å². The van der Waals surface area contributed by atoms with E-state index in [0.717, 1.165) is 12.8 Å². The van der Waals surface area contributed by atoms with Gasteiger partial charge >= 0.3 is 0 Å². The highest BCUT2D eigenvalue weighted by molar-refractivity contribution is 5.95. The lowest BCUT2D eigenvalue weighted by Gasteiger charge is -2.11. The molecular formula is C15H21N3O3. The molecule has 6 nitrogen and oxygen atoms in total. The molecule has 114 valence electrons. The fourth-order valence-electron chi connectivity index (χ4n) is 2.11. The molecule has 1 fully saturated rings. The first-order chi connectivity index (χ1) is 10.2. The molecule has 0 saturated carbocycles. The Morgan fingerprint density at radius 1 is 1.19 bits per heavy atom. The van der Waals surface area contributed by atoms with Crippen LogP contribution in [0.5, 0.6) is 0 Å². The molecule has 1 aliphatic rings. The molecule has 2 rings (SSSR count). The van der Waals surface area contributed by atoms with Gasteiger partial charge in [-0.05, 0) is 44.2 Å². The SMILES string of the molecule is CNCCC(=O)Nc1ccc(NC(=O)C2CCCO2)cc1. The Morgan fingerprint density at radius 2 is 1.86 bits per heavy atom. The molecule has 3 N–H and O–H groups in total. The van der Waals surface area contributed by atoms with Gasteiger partial charge in [-0.1, -0.05) is 0 Å². The molecule has 0 radical (unpaired) electrons. The molecule has 0 spiro atoms. The van der Waals surface area contributed by atoms with Crippen LogP contribution in [0.4, 0.5) is 11.4 Å². The third-order valence-electron chi connectivity index (χ3n) is 3.26. The summed E-state index contributed by atoms with van der Waals surface area (Å²) in [5, 5.41) is 8.53. The van der Waals surface area contributed by atoms with Crippen molar-refractivity contribution in [2.45, 2.75) is 25.4 Å². The van der Waals surface area contributed by atoms with Crippen molar-refractivity contribution in [3.63, 3.8) is 0 Å². The van der Waals surface area contributed by atoms with Crippen LogP contribution in [-0.2, 0) is 14.3 Å². The van der Waals surface area contributed by atoms with Crippen LogP contribution in [0, 0.1) is 0 Å². The molecule has 1 aliphatic heterocycles. The van der Waals surface area contributed by atoms with Gasteiger partial charge in [-0.2, -0.15) is 0 Å². The fraction of sp³-hybridized carbons (Fsp3) is 0.467. The van der Waals surface area contributed by atoms with Gasteiger partial charge in [-0.3, -0.25) is 9.59 Å². The standard InChI is InChI=1S/C15H21N3O3/c1-16-9-8-14(19)17-11-4-6-12(7-5-11)18-15(20)13-3-2-10-21-13/h4-7,13,16H,2-3,8-10H2,1H3,(H,17,19)(H,18,20). The minimum absolute atomic E-state index is 0.0412. The van der Waals surface area contributed by atoms with Crippen molar-refractivity contribution in [3.8, 4) is 0 Å². The van der Waals surface area contributed by atoms with Gasteiger partial charge in [0.05, 0.1) is 0 Å². The highest BCUT2D eigenvalue weighted by atomic mass is 16.5. The Bertz CT molecular complexity index is 481. The number of ether oxygens (including phenoxy) is 1. The van der Waals surface area contributed by atoms with Crippen molar-refractivity contribution in [1.29, 1.82) is 0 Å². The summed E-state index contributed by atoms with van der Waals surface area (Å²) in [7, 11) is 1.80. The summed E-state index contributed by atoms with van der Waals surface area (Å²) >= 11 is 0. The van der Waals surface area contributed by atoms with Gasteiger partial charge in [0, 0.05) is 30.9 Å². The first kappa shape index (κ1) is 15.5. The van der Waals surface area contributed by atoms with Crippen molar-refractivity contribution >= 4 is 23.2 Å². The topological polar surface area (TPSA) is 79.5 Å². The largest absolute Gasteiger partial charge is 0.368 e. The van der Waals surface area contributed by atoms with Crippen LogP contribution < -0.4 is 16.0 Å². The second-order valence-corrected chi connectivity index (χ2v) is 4.97. The van der Waals surface area contributed by atoms with Crippen LogP contribution in [0.3, 0.4) is 0 Å². The molecular weight excluding hydrogens is 270 g/mol. The summed E-state index contributed by atoms with van der Waals surface area (Å²) in [6.45, 7) is 1.29. The van der Waals surface area contributed by atoms with Crippen LogP contribution in [0.2, 0.25) is 0 Å². The van der Waals surface area contributed by atoms with E-state index in [9.17, 15) is 9.59 Å². The van der Waals surface area contributed by atoms with Gasteiger partial charge in [-0.25, -0.2) is 0 Å². The maximum Gasteiger partial charge on any atom is 0.253 e. The van der Waals surface area contributed by atoms with Crippen LogP contribution in [0.25, 0.3) is 0 Å². The highest BCUT2D eigenvalue weighted by Crippen LogP contribution is 2.17. The zero-order valence-electron chi connectivity index (χ0n) is 12.1. The second kappa shape index (κ2) is 7.75. The molecule has 1 atom stereocenters. The summed E-state index contributed by atoms with van der Waals surface area (Å²) in [5.41, 5.74) is 1.41. The molecule has 0 aliphatic carbocycles. The van der Waals surface area contributed by atoms with Gasteiger partial charge in [0.1, 0.15) is 6.10 Å². The summed E-state index contributed by atoms with van der Waals surface area (Å²) in [6, 6.07) is 7.06. The van der Waals surface area contributed by atoms with E-state index in [4.69, 9.17) is 4.74 Å². The lowest BCUT2D eigenvalue weighted by atomic mass is 10.2. The van der Waals surface area contributed by atoms with Gasteiger partial charge in [0.2, 0.25) is 5.91 Å². The molecule has 21 heavy (non-hydrogen) atoms. The maximum absolute atomic E-state index is 11.9. The lowest BCUT2D eigenvalue weighted by Crippen LogP contribution is -2.26. The number of hydrogen-bond acceptors (Lipinski definition) is 4. The molecule has 1 aromatic carbocycles. The number of anilines is 2. The third kappa shape index (κ3) is 4.84. The number of benzene rings is 1. The molecule has 1 saturated heterocycles. The van der Waals surface area contributed by atoms with Crippen LogP contribution in [0.1, 0.15) is 19.3 Å². The van der Waals surface area contributed by atoms with E-state index in [1.807, 2.05) is 0 Å². The zero-order valence-corrected chi connectivity index (χ0v) is 12.1. The van der Waals surface area contributed by atoms with Gasteiger partial charge in [0.25, 0.3) is 5.91 Å². The third-order valence-corrected chi connectivity index (χ3v) is 3.26. The van der Waals surface area contributed by atoms with Crippen molar-refractivity contribution in [2.24, 2.45) is 0 Å². The molecule has 6 heteroatoms. The van der Waals surface area contributed by atoms with Crippen molar-refractivity contribution < 1.29 is 14.3 Å². The quantitative estimate of drug-likeness (QED) is 0.739. The van der Waals surface area contributed by atoms with E-state index < -0.39 is 0 Å². The van der Waals surface area contributed by atoms with Crippen molar-refractivity contribution in [2.75, 3.05) is 30.8 Å². The number of rotatable bonds is 6. The molecule has 0 aromatic heterocycles. The summed E-state index contributed by atoms with van der Waals surface area (Å²) < 4.78 is 5.33. The Morgan fingerprint density at radius 3 is 2.43 bits per heavy atom. The first-order valence-electron chi connectivity index (χ1n) is 7.16. The van der Waals surface area contributed by atoms with Crippen molar-refractivity contribution in [3.05, 3.63) is 24.3 Å². The maximum atomic E-state index is 11.9. The average molecular weight is 291 g/mol. The van der Waals surface area contributed by atoms with E-state index >= 15 is 0 Å². The fourth-order valence-corrected chi connectivity index (χ4v) is 2.11. The van der Waals surface area contributed by atoms with Crippen LogP contribution >= 0.6 is 0 Å². The van der Waals surface area contributed by atoms with E-state index in [-0.39, 0.29) is 17.9 Å². The van der Waals surface area contributed by atoms with E-state index in [1.165, 1.54) is 0 Å². The van der Waals surface area contributed by atoms with E-state index in [2.05, 4.69) is 16.0 Å². The predicted octanol–water partition coefficient (Wildman–Crippen LogP) is 1.35. The highest BCUT2D eigenvalue weighted by Gasteiger charge is 2.23. The minimum atomic E-state index is -0.342. The number of carbonyl (C=O) groups excluding carboxylic acids is 2. The predicted molar refractivity (Wildman–Crippen MR) is 81.2 cm³/mol. The normalized spacial score (nSPS) is 17.5. The smallest absolute Gasteiger partial charge is 0.253 e. The molecule has 0 bridgehead atoms. The number of nitrogens with one attached hydrogen (secondary N) is 3. The first-order valence-corrected chi connectivity index (χ1v) is 7.16. The summed E-state index contributed by atoms with van der Waals surface area (Å²) in [4.78, 5) is 23.5. The second-order valence-electron chi connectivity index (χ2n) is 4.97. The number of amides is 2. The van der Waals surface area contributed by atoms with Gasteiger partial charge < -0.3 is 20.7 Å². The minimum Gasteiger partial charge on any atom is -0.368 e. The molecule has 1 unspecified atom stereocenters. The van der Waals surface area contributed by atoms with E-state index in [1.54, 1.807) is 31.3 Å². The lowest BCUT2D eigenvalue weighted by molar-refractivity contribution is -0.124. The molecule has 2 amide bonds. The van der Waals surface area contributed by atoms with Crippen LogP contribution in [0.15, 0.2) is 24.3 Å². The van der Waals surface area contributed by atoms with E-state index in [0.29, 0.717) is 30.9 Å². The Kier molecular flexibility index (Phi) is 5.71. The molecule has 1 heterocycles. The monoisotopic (exact) mass is 291 g/mol. The molecule has 1 aromatic rings. The number of hydrogen-bond donors (Lipinski definition) is 3. The van der Waals surface area contributed by atoms with Gasteiger partial charge in [-0.15, -0.1) is 0 Å². The summed E-state index contributed by atoms with van der Waals surface area (Å²) in [6.07, 6.45) is 1.78. The summed E-state index contributed by atoms with van der Waals surface area (Å²) in [5.74, 6) is -0.154. The Labute approximate surface area is 124 Å². The number of carbonyl (C=O) groups is 2. The zero-order chi connectivity index (χ0) is 15.1.